The zero-order valence-electron chi connectivity index (χ0n) is 13.3. The van der Waals surface area contributed by atoms with Crippen LogP contribution in [-0.4, -0.2) is 67.4 Å². The number of hydrogen-bond acceptors (Lipinski definition) is 4. The molecule has 6 nitrogen and oxygen atoms in total. The van der Waals surface area contributed by atoms with Crippen LogP contribution in [0.4, 0.5) is 0 Å². The van der Waals surface area contributed by atoms with Crippen LogP contribution in [0.2, 0.25) is 5.02 Å². The number of ether oxygens (including phenoxy) is 2. The van der Waals surface area contributed by atoms with Gasteiger partial charge in [0.2, 0.25) is 0 Å². The lowest BCUT2D eigenvalue weighted by Gasteiger charge is -2.34. The number of rotatable bonds is 3. The minimum Gasteiger partial charge on any atom is -0.379 e. The van der Waals surface area contributed by atoms with Crippen molar-refractivity contribution >= 4 is 28.4 Å². The van der Waals surface area contributed by atoms with Gasteiger partial charge < -0.3 is 19.8 Å². The van der Waals surface area contributed by atoms with Gasteiger partial charge in [-0.25, -0.2) is 0 Å². The van der Waals surface area contributed by atoms with Crippen molar-refractivity contribution in [1.29, 1.82) is 0 Å². The lowest BCUT2D eigenvalue weighted by Crippen LogP contribution is -2.54. The summed E-state index contributed by atoms with van der Waals surface area (Å²) in [6.07, 6.45) is 0. The summed E-state index contributed by atoms with van der Waals surface area (Å²) in [4.78, 5) is 18.1. The molecule has 0 aliphatic carbocycles. The van der Waals surface area contributed by atoms with Crippen LogP contribution < -0.4 is 5.32 Å². The largest absolute Gasteiger partial charge is 0.379 e. The Morgan fingerprint density at radius 3 is 2.88 bits per heavy atom. The van der Waals surface area contributed by atoms with Gasteiger partial charge in [0, 0.05) is 29.0 Å². The summed E-state index contributed by atoms with van der Waals surface area (Å²) in [7, 11) is 0. The molecule has 1 amide bonds. The lowest BCUT2D eigenvalue weighted by atomic mass is 10.1. The Morgan fingerprint density at radius 1 is 1.21 bits per heavy atom. The summed E-state index contributed by atoms with van der Waals surface area (Å²) in [5, 5.41) is 4.70. The van der Waals surface area contributed by atoms with Crippen LogP contribution in [0.25, 0.3) is 10.9 Å². The Morgan fingerprint density at radius 2 is 2.04 bits per heavy atom. The highest BCUT2D eigenvalue weighted by Crippen LogP contribution is 2.21. The number of H-pyrrole nitrogens is 1. The van der Waals surface area contributed by atoms with E-state index in [4.69, 9.17) is 21.1 Å². The van der Waals surface area contributed by atoms with Crippen LogP contribution in [0.3, 0.4) is 0 Å². The van der Waals surface area contributed by atoms with E-state index in [2.05, 4.69) is 15.2 Å². The molecular formula is C17H20ClN3O3. The zero-order chi connectivity index (χ0) is 16.5. The van der Waals surface area contributed by atoms with Crippen LogP contribution in [0, 0.1) is 0 Å². The molecule has 4 rings (SSSR count). The molecular weight excluding hydrogens is 330 g/mol. The third-order valence-corrected chi connectivity index (χ3v) is 4.94. The molecule has 1 aromatic carbocycles. The first-order chi connectivity index (χ1) is 11.7. The predicted octanol–water partition coefficient (Wildman–Crippen LogP) is 1.65. The van der Waals surface area contributed by atoms with Crippen molar-refractivity contribution < 1.29 is 14.3 Å². The molecule has 0 radical (unpaired) electrons. The molecule has 7 heteroatoms. The van der Waals surface area contributed by atoms with Gasteiger partial charge in [0.25, 0.3) is 5.91 Å². The van der Waals surface area contributed by atoms with Gasteiger partial charge in [0.1, 0.15) is 5.69 Å². The van der Waals surface area contributed by atoms with E-state index in [9.17, 15) is 4.79 Å². The highest BCUT2D eigenvalue weighted by molar-refractivity contribution is 6.31. The summed E-state index contributed by atoms with van der Waals surface area (Å²) in [6, 6.07) is 7.56. The molecule has 0 unspecified atom stereocenters. The van der Waals surface area contributed by atoms with Gasteiger partial charge in [-0.3, -0.25) is 9.69 Å². The molecule has 3 heterocycles. The maximum Gasteiger partial charge on any atom is 0.268 e. The molecule has 0 saturated carbocycles. The highest BCUT2D eigenvalue weighted by Gasteiger charge is 2.35. The standard InChI is InChI=1S/C17H20ClN3O3/c18-12-1-2-13-11(7-12)8-14(19-13)17(22)20-15-9-24-10-16(15)21-3-5-23-6-4-21/h1-2,7-8,15-16,19H,3-6,9-10H2,(H,20,22)/t15-,16-/m1/s1. The van der Waals surface area contributed by atoms with Crippen LogP contribution in [0.15, 0.2) is 24.3 Å². The summed E-state index contributed by atoms with van der Waals surface area (Å²) < 4.78 is 11.0. The van der Waals surface area contributed by atoms with Crippen molar-refractivity contribution in [3.63, 3.8) is 0 Å². The van der Waals surface area contributed by atoms with Crippen molar-refractivity contribution in [3.8, 4) is 0 Å². The number of aromatic amines is 1. The van der Waals surface area contributed by atoms with Crippen molar-refractivity contribution in [1.82, 2.24) is 15.2 Å². The van der Waals surface area contributed by atoms with Crippen LogP contribution in [0.1, 0.15) is 10.5 Å². The summed E-state index contributed by atoms with van der Waals surface area (Å²) in [5.74, 6) is -0.115. The Labute approximate surface area is 145 Å². The average Bonchev–Trinajstić information content (AvgIpc) is 3.22. The second kappa shape index (κ2) is 6.72. The second-order valence-electron chi connectivity index (χ2n) is 6.25. The Balaban J connectivity index is 1.47. The molecule has 2 saturated heterocycles. The fourth-order valence-electron chi connectivity index (χ4n) is 3.42. The van der Waals surface area contributed by atoms with Crippen LogP contribution in [0.5, 0.6) is 0 Å². The summed E-state index contributed by atoms with van der Waals surface area (Å²) in [5.41, 5.74) is 1.44. The lowest BCUT2D eigenvalue weighted by molar-refractivity contribution is 0.0108. The molecule has 2 aliphatic heterocycles. The SMILES string of the molecule is O=C(N[C@@H]1COC[C@H]1N1CCOCC1)c1cc2cc(Cl)ccc2[nH]1. The van der Waals surface area contributed by atoms with Gasteiger partial charge >= 0.3 is 0 Å². The Hall–Kier alpha value is -1.60. The van der Waals surface area contributed by atoms with Gasteiger partial charge in [0.05, 0.1) is 38.5 Å². The fraction of sp³-hybridized carbons (Fsp3) is 0.471. The first-order valence-corrected chi connectivity index (χ1v) is 8.57. The number of fused-ring (bicyclic) bond motifs is 1. The van der Waals surface area contributed by atoms with E-state index in [0.29, 0.717) is 23.9 Å². The number of benzene rings is 1. The first kappa shape index (κ1) is 15.9. The Bertz CT molecular complexity index is 742. The van der Waals surface area contributed by atoms with E-state index in [-0.39, 0.29) is 18.0 Å². The fourth-order valence-corrected chi connectivity index (χ4v) is 3.60. The van der Waals surface area contributed by atoms with Gasteiger partial charge in [-0.05, 0) is 24.3 Å². The monoisotopic (exact) mass is 349 g/mol. The second-order valence-corrected chi connectivity index (χ2v) is 6.68. The van der Waals surface area contributed by atoms with Crippen molar-refractivity contribution in [2.75, 3.05) is 39.5 Å². The van der Waals surface area contributed by atoms with E-state index in [1.165, 1.54) is 0 Å². The number of carbonyl (C=O) groups is 1. The van der Waals surface area contributed by atoms with Crippen molar-refractivity contribution in [3.05, 3.63) is 35.0 Å². The van der Waals surface area contributed by atoms with Crippen molar-refractivity contribution in [2.24, 2.45) is 0 Å². The molecule has 24 heavy (non-hydrogen) atoms. The number of halogens is 1. The van der Waals surface area contributed by atoms with Gasteiger partial charge in [-0.2, -0.15) is 0 Å². The minimum atomic E-state index is -0.115. The van der Waals surface area contributed by atoms with E-state index in [0.717, 1.165) is 37.2 Å². The average molecular weight is 350 g/mol. The van der Waals surface area contributed by atoms with E-state index < -0.39 is 0 Å². The number of aromatic nitrogens is 1. The number of carbonyl (C=O) groups excluding carboxylic acids is 1. The number of nitrogens with zero attached hydrogens (tertiary/aromatic N) is 1. The Kier molecular flexibility index (Phi) is 4.45. The highest BCUT2D eigenvalue weighted by atomic mass is 35.5. The minimum absolute atomic E-state index is 0.00870. The molecule has 0 bridgehead atoms. The third kappa shape index (κ3) is 3.15. The molecule has 2 aromatic rings. The molecule has 1 aromatic heterocycles. The van der Waals surface area contributed by atoms with Gasteiger partial charge in [-0.15, -0.1) is 0 Å². The van der Waals surface area contributed by atoms with Gasteiger partial charge in [0.15, 0.2) is 0 Å². The maximum absolute atomic E-state index is 12.6. The third-order valence-electron chi connectivity index (χ3n) is 4.71. The van der Waals surface area contributed by atoms with E-state index >= 15 is 0 Å². The van der Waals surface area contributed by atoms with Crippen LogP contribution in [-0.2, 0) is 9.47 Å². The predicted molar refractivity (Wildman–Crippen MR) is 91.6 cm³/mol. The van der Waals surface area contributed by atoms with Crippen LogP contribution >= 0.6 is 11.6 Å². The summed E-state index contributed by atoms with van der Waals surface area (Å²) >= 11 is 6.00. The maximum atomic E-state index is 12.6. The molecule has 128 valence electrons. The zero-order valence-corrected chi connectivity index (χ0v) is 14.0. The molecule has 2 N–H and O–H groups in total. The number of morpholine rings is 1. The normalized spacial score (nSPS) is 25.2. The first-order valence-electron chi connectivity index (χ1n) is 8.19. The summed E-state index contributed by atoms with van der Waals surface area (Å²) in [6.45, 7) is 4.42. The molecule has 2 aliphatic rings. The smallest absolute Gasteiger partial charge is 0.268 e. The van der Waals surface area contributed by atoms with Crippen molar-refractivity contribution in [2.45, 2.75) is 12.1 Å². The van der Waals surface area contributed by atoms with Gasteiger partial charge in [-0.1, -0.05) is 11.6 Å². The molecule has 2 atom stereocenters. The topological polar surface area (TPSA) is 66.6 Å². The number of amides is 1. The molecule has 2 fully saturated rings. The molecule has 0 spiro atoms. The number of hydrogen-bond donors (Lipinski definition) is 2. The quantitative estimate of drug-likeness (QED) is 0.884. The van der Waals surface area contributed by atoms with E-state index in [1.807, 2.05) is 18.2 Å². The number of nitrogens with one attached hydrogen (secondary N) is 2. The van der Waals surface area contributed by atoms with E-state index in [1.54, 1.807) is 6.07 Å².